The molecule has 142 valence electrons. The quantitative estimate of drug-likeness (QED) is 0.426. The second-order valence-corrected chi connectivity index (χ2v) is 9.61. The Hall–Kier alpha value is -0.520. The van der Waals surface area contributed by atoms with Gasteiger partial charge in [0, 0.05) is 0 Å². The van der Waals surface area contributed by atoms with Gasteiger partial charge in [0.2, 0.25) is 0 Å². The zero-order valence-electron chi connectivity index (χ0n) is 17.6. The molecule has 4 unspecified atom stereocenters. The minimum atomic E-state index is 0.610. The minimum absolute atomic E-state index is 0.610. The van der Waals surface area contributed by atoms with Crippen LogP contribution in [0.15, 0.2) is 23.8 Å². The first kappa shape index (κ1) is 19.2. The molecule has 0 amide bonds. The molecule has 0 saturated heterocycles. The van der Waals surface area contributed by atoms with Crippen molar-refractivity contribution < 1.29 is 0 Å². The largest absolute Gasteiger partial charge is 0.0914 e. The Morgan fingerprint density at radius 1 is 1.00 bits per heavy atom. The summed E-state index contributed by atoms with van der Waals surface area (Å²) in [5, 5.41) is 0. The number of rotatable bonds is 1. The standard InChI is InChI=1S/C23H36.C2H6/c1-4-5-20-9-11-22-19-8-7-17-14-16(2)6-10-21(17)18(15-19)12-13-23(20,22)3;1-2/h4-6,17-22H,7-15H2,1-3H3;1-2H3/b5-4+;/t17?,18?,19?,20-,21+,22?,23+;/m0./s1. The van der Waals surface area contributed by atoms with Gasteiger partial charge in [0.05, 0.1) is 0 Å². The molecule has 0 aromatic carbocycles. The van der Waals surface area contributed by atoms with Gasteiger partial charge in [-0.15, -0.1) is 0 Å². The molecule has 0 radical (unpaired) electrons. The predicted octanol–water partition coefficient (Wildman–Crippen LogP) is 7.80. The predicted molar refractivity (Wildman–Crippen MR) is 111 cm³/mol. The van der Waals surface area contributed by atoms with E-state index in [1.54, 1.807) is 12.0 Å². The summed E-state index contributed by atoms with van der Waals surface area (Å²) in [5.41, 5.74) is 2.29. The van der Waals surface area contributed by atoms with E-state index in [1.165, 1.54) is 51.4 Å². The van der Waals surface area contributed by atoms with Gasteiger partial charge in [0.1, 0.15) is 0 Å². The normalized spacial score (nSPS) is 46.2. The maximum atomic E-state index is 2.66. The third-order valence-electron chi connectivity index (χ3n) is 8.58. The smallest absolute Gasteiger partial charge is 0.0177 e. The van der Waals surface area contributed by atoms with Crippen molar-refractivity contribution in [2.45, 2.75) is 92.4 Å². The summed E-state index contributed by atoms with van der Waals surface area (Å²) < 4.78 is 0. The van der Waals surface area contributed by atoms with Gasteiger partial charge in [0.25, 0.3) is 0 Å². The van der Waals surface area contributed by atoms with Crippen molar-refractivity contribution in [2.75, 3.05) is 0 Å². The number of hydrogen-bond donors (Lipinski definition) is 0. The van der Waals surface area contributed by atoms with Crippen LogP contribution in [0.5, 0.6) is 0 Å². The van der Waals surface area contributed by atoms with Gasteiger partial charge in [0.15, 0.2) is 0 Å². The average molecular weight is 343 g/mol. The van der Waals surface area contributed by atoms with Crippen LogP contribution in [-0.2, 0) is 0 Å². The first-order chi connectivity index (χ1) is 12.1. The van der Waals surface area contributed by atoms with Gasteiger partial charge in [-0.05, 0) is 113 Å². The molecule has 0 aromatic heterocycles. The summed E-state index contributed by atoms with van der Waals surface area (Å²) in [6.45, 7) is 11.3. The second kappa shape index (κ2) is 8.01. The molecule has 0 heteroatoms. The van der Waals surface area contributed by atoms with Crippen LogP contribution in [0, 0.1) is 40.9 Å². The molecule has 4 rings (SSSR count). The van der Waals surface area contributed by atoms with Crippen molar-refractivity contribution in [2.24, 2.45) is 40.9 Å². The van der Waals surface area contributed by atoms with Gasteiger partial charge in [-0.3, -0.25) is 0 Å². The van der Waals surface area contributed by atoms with Crippen LogP contribution in [-0.4, -0.2) is 0 Å². The molecule has 0 N–H and O–H groups in total. The molecule has 0 heterocycles. The Balaban J connectivity index is 0.000000880. The van der Waals surface area contributed by atoms with E-state index in [1.807, 2.05) is 13.8 Å². The van der Waals surface area contributed by atoms with Crippen LogP contribution in [0.3, 0.4) is 0 Å². The van der Waals surface area contributed by atoms with Crippen LogP contribution < -0.4 is 0 Å². The monoisotopic (exact) mass is 342 g/mol. The molecular weight excluding hydrogens is 300 g/mol. The summed E-state index contributed by atoms with van der Waals surface area (Å²) in [6, 6.07) is 0. The molecule has 0 aliphatic heterocycles. The minimum Gasteiger partial charge on any atom is -0.0914 e. The molecule has 7 atom stereocenters. The van der Waals surface area contributed by atoms with Crippen LogP contribution in [0.25, 0.3) is 0 Å². The zero-order valence-corrected chi connectivity index (χ0v) is 17.6. The van der Waals surface area contributed by atoms with Crippen molar-refractivity contribution in [1.29, 1.82) is 0 Å². The molecule has 0 nitrogen and oxygen atoms in total. The van der Waals surface area contributed by atoms with Gasteiger partial charge in [-0.2, -0.15) is 0 Å². The Bertz CT molecular complexity index is 498. The maximum Gasteiger partial charge on any atom is -0.0177 e. The number of hydrogen-bond acceptors (Lipinski definition) is 0. The van der Waals surface area contributed by atoms with Crippen molar-refractivity contribution in [3.05, 3.63) is 23.8 Å². The molecule has 3 fully saturated rings. The van der Waals surface area contributed by atoms with E-state index < -0.39 is 0 Å². The Morgan fingerprint density at radius 2 is 1.76 bits per heavy atom. The first-order valence-corrected chi connectivity index (χ1v) is 11.4. The highest BCUT2D eigenvalue weighted by Gasteiger charge is 2.52. The summed E-state index contributed by atoms with van der Waals surface area (Å²) >= 11 is 0. The molecule has 4 aliphatic carbocycles. The van der Waals surface area contributed by atoms with E-state index in [9.17, 15) is 0 Å². The van der Waals surface area contributed by atoms with Crippen molar-refractivity contribution in [3.63, 3.8) is 0 Å². The highest BCUT2D eigenvalue weighted by atomic mass is 14.6. The summed E-state index contributed by atoms with van der Waals surface area (Å²) in [4.78, 5) is 0. The fraction of sp³-hybridized carbons (Fsp3) is 0.840. The SMILES string of the molecule is C/C=C/[C@H]1CCC2C3CCC4CC(C)=CC[C@H]4C(CC[C@@]21C)C3.CC. The van der Waals surface area contributed by atoms with Gasteiger partial charge in [-0.1, -0.05) is 44.6 Å². The van der Waals surface area contributed by atoms with Gasteiger partial charge >= 0.3 is 0 Å². The van der Waals surface area contributed by atoms with E-state index in [4.69, 9.17) is 0 Å². The number of allylic oxidation sites excluding steroid dienone is 4. The van der Waals surface area contributed by atoms with Crippen LogP contribution in [0.2, 0.25) is 0 Å². The highest BCUT2D eigenvalue weighted by Crippen LogP contribution is 2.61. The van der Waals surface area contributed by atoms with Crippen molar-refractivity contribution in [1.82, 2.24) is 0 Å². The molecule has 2 bridgehead atoms. The van der Waals surface area contributed by atoms with Crippen LogP contribution in [0.1, 0.15) is 92.4 Å². The maximum absolute atomic E-state index is 2.66. The topological polar surface area (TPSA) is 0 Å². The Kier molecular flexibility index (Phi) is 6.17. The lowest BCUT2D eigenvalue weighted by Crippen LogP contribution is -2.31. The van der Waals surface area contributed by atoms with Crippen LogP contribution >= 0.6 is 0 Å². The third kappa shape index (κ3) is 3.52. The van der Waals surface area contributed by atoms with Crippen molar-refractivity contribution in [3.8, 4) is 0 Å². The van der Waals surface area contributed by atoms with E-state index in [0.717, 1.165) is 35.5 Å². The molecule has 4 aliphatic rings. The lowest BCUT2D eigenvalue weighted by atomic mass is 9.65. The average Bonchev–Trinajstić information content (AvgIpc) is 2.77. The Labute approximate surface area is 157 Å². The van der Waals surface area contributed by atoms with E-state index >= 15 is 0 Å². The Morgan fingerprint density at radius 3 is 2.52 bits per heavy atom. The van der Waals surface area contributed by atoms with Gasteiger partial charge < -0.3 is 0 Å². The van der Waals surface area contributed by atoms with E-state index in [-0.39, 0.29) is 0 Å². The zero-order chi connectivity index (χ0) is 18.0. The molecule has 3 saturated carbocycles. The first-order valence-electron chi connectivity index (χ1n) is 11.4. The van der Waals surface area contributed by atoms with E-state index in [2.05, 4.69) is 39.0 Å². The fourth-order valence-corrected chi connectivity index (χ4v) is 7.36. The lowest BCUT2D eigenvalue weighted by molar-refractivity contribution is 0.117. The summed E-state index contributed by atoms with van der Waals surface area (Å²) in [5.74, 6) is 5.99. The molecule has 0 aromatic rings. The highest BCUT2D eigenvalue weighted by molar-refractivity contribution is 5.11. The second-order valence-electron chi connectivity index (χ2n) is 9.61. The molecule has 0 spiro atoms. The summed E-state index contributed by atoms with van der Waals surface area (Å²) in [6.07, 6.45) is 20.9. The van der Waals surface area contributed by atoms with E-state index in [0.29, 0.717) is 5.41 Å². The molecule has 25 heavy (non-hydrogen) atoms. The summed E-state index contributed by atoms with van der Waals surface area (Å²) in [7, 11) is 0. The van der Waals surface area contributed by atoms with Gasteiger partial charge in [-0.25, -0.2) is 0 Å². The lowest BCUT2D eigenvalue weighted by Gasteiger charge is -2.39. The van der Waals surface area contributed by atoms with Crippen LogP contribution in [0.4, 0.5) is 0 Å². The molecular formula is C25H42. The fourth-order valence-electron chi connectivity index (χ4n) is 7.36. The van der Waals surface area contributed by atoms with Crippen molar-refractivity contribution >= 4 is 0 Å². The number of fused-ring (bicyclic) bond motifs is 6. The third-order valence-corrected chi connectivity index (χ3v) is 8.58.